The Labute approximate surface area is 199 Å². The van der Waals surface area contributed by atoms with Gasteiger partial charge in [-0.3, -0.25) is 9.59 Å². The van der Waals surface area contributed by atoms with Crippen LogP contribution in [0.15, 0.2) is 24.3 Å². The molecule has 1 aromatic heterocycles. The number of carbonyl (C=O) groups is 2. The van der Waals surface area contributed by atoms with Gasteiger partial charge in [0.15, 0.2) is 5.69 Å². The molecule has 0 bridgehead atoms. The van der Waals surface area contributed by atoms with Crippen molar-refractivity contribution in [2.75, 3.05) is 26.2 Å². The van der Waals surface area contributed by atoms with E-state index in [4.69, 9.17) is 9.84 Å². The molecule has 0 N–H and O–H groups in total. The molecule has 0 saturated carbocycles. The molecule has 8 heteroatoms. The summed E-state index contributed by atoms with van der Waals surface area (Å²) in [6.45, 7) is 6.39. The first-order valence-corrected chi connectivity index (χ1v) is 12.5. The molecule has 2 unspecified atom stereocenters. The lowest BCUT2D eigenvalue weighted by atomic mass is 9.93. The molecule has 3 aliphatic rings. The molecule has 7 nitrogen and oxygen atoms in total. The van der Waals surface area contributed by atoms with Crippen molar-refractivity contribution in [2.24, 2.45) is 5.92 Å². The predicted octanol–water partition coefficient (Wildman–Crippen LogP) is 3.38. The molecule has 1 aromatic carbocycles. The van der Waals surface area contributed by atoms with Crippen LogP contribution in [0, 0.1) is 11.7 Å². The summed E-state index contributed by atoms with van der Waals surface area (Å²) in [7, 11) is 0. The first-order chi connectivity index (χ1) is 16.4. The van der Waals surface area contributed by atoms with Crippen LogP contribution in [-0.4, -0.2) is 69.8 Å². The maximum Gasteiger partial charge on any atom is 0.274 e. The summed E-state index contributed by atoms with van der Waals surface area (Å²) >= 11 is 0. The Morgan fingerprint density at radius 3 is 2.29 bits per heavy atom. The van der Waals surface area contributed by atoms with Crippen molar-refractivity contribution >= 4 is 11.8 Å². The highest BCUT2D eigenvalue weighted by molar-refractivity contribution is 5.94. The van der Waals surface area contributed by atoms with E-state index >= 15 is 0 Å². The topological polar surface area (TPSA) is 67.7 Å². The standard InChI is InChI=1S/C26H33FN4O3/c1-17-15-30(16-18(2)34-17)25(32)19-11-13-29(14-12-19)26(33)24-22-5-3-4-6-23(22)31(28-24)21-9-7-20(27)8-10-21/h7-10,17-19H,3-6,11-16H2,1-2H3. The minimum atomic E-state index is -0.292. The van der Waals surface area contributed by atoms with E-state index in [1.807, 2.05) is 28.3 Å². The van der Waals surface area contributed by atoms with Gasteiger partial charge >= 0.3 is 0 Å². The van der Waals surface area contributed by atoms with Crippen LogP contribution in [0.3, 0.4) is 0 Å². The van der Waals surface area contributed by atoms with Gasteiger partial charge in [0.05, 0.1) is 17.9 Å². The molecule has 2 aliphatic heterocycles. The van der Waals surface area contributed by atoms with E-state index in [9.17, 15) is 14.0 Å². The van der Waals surface area contributed by atoms with Crippen LogP contribution in [-0.2, 0) is 22.4 Å². The number of benzene rings is 1. The van der Waals surface area contributed by atoms with Crippen molar-refractivity contribution in [3.63, 3.8) is 0 Å². The number of ether oxygens (including phenoxy) is 1. The summed E-state index contributed by atoms with van der Waals surface area (Å²) in [5.41, 5.74) is 3.37. The highest BCUT2D eigenvalue weighted by Crippen LogP contribution is 2.29. The number of halogens is 1. The number of piperidine rings is 1. The second-order valence-corrected chi connectivity index (χ2v) is 9.94. The molecule has 182 valence electrons. The zero-order valence-corrected chi connectivity index (χ0v) is 20.0. The lowest BCUT2D eigenvalue weighted by Crippen LogP contribution is -2.51. The smallest absolute Gasteiger partial charge is 0.274 e. The van der Waals surface area contributed by atoms with Gasteiger partial charge in [0, 0.05) is 43.4 Å². The highest BCUT2D eigenvalue weighted by atomic mass is 19.1. The maximum absolute atomic E-state index is 13.5. The lowest BCUT2D eigenvalue weighted by Gasteiger charge is -2.39. The molecule has 2 amide bonds. The van der Waals surface area contributed by atoms with Gasteiger partial charge in [0.25, 0.3) is 5.91 Å². The predicted molar refractivity (Wildman–Crippen MR) is 125 cm³/mol. The number of rotatable bonds is 3. The van der Waals surface area contributed by atoms with Gasteiger partial charge in [-0.15, -0.1) is 0 Å². The van der Waals surface area contributed by atoms with E-state index < -0.39 is 0 Å². The van der Waals surface area contributed by atoms with E-state index in [1.165, 1.54) is 12.1 Å². The zero-order valence-electron chi connectivity index (χ0n) is 20.0. The summed E-state index contributed by atoms with van der Waals surface area (Å²) in [5, 5.41) is 4.73. The van der Waals surface area contributed by atoms with Crippen LogP contribution >= 0.6 is 0 Å². The van der Waals surface area contributed by atoms with Crippen LogP contribution < -0.4 is 0 Å². The molecule has 3 heterocycles. The molecule has 2 aromatic rings. The quantitative estimate of drug-likeness (QED) is 0.693. The number of hydrogen-bond acceptors (Lipinski definition) is 4. The third kappa shape index (κ3) is 4.48. The SMILES string of the molecule is CC1CN(C(=O)C2CCN(C(=O)c3nn(-c4ccc(F)cc4)c4c3CCCC4)CC2)CC(C)O1. The van der Waals surface area contributed by atoms with Gasteiger partial charge in [-0.1, -0.05) is 0 Å². The van der Waals surface area contributed by atoms with Crippen LogP contribution in [0.25, 0.3) is 5.69 Å². The molecule has 34 heavy (non-hydrogen) atoms. The normalized spacial score (nSPS) is 23.6. The number of aromatic nitrogens is 2. The van der Waals surface area contributed by atoms with Crippen LogP contribution in [0.1, 0.15) is 61.3 Å². The fraction of sp³-hybridized carbons (Fsp3) is 0.577. The van der Waals surface area contributed by atoms with Gasteiger partial charge in [0.2, 0.25) is 5.91 Å². The zero-order chi connectivity index (χ0) is 23.8. The summed E-state index contributed by atoms with van der Waals surface area (Å²) in [4.78, 5) is 30.4. The molecule has 2 saturated heterocycles. The Hall–Kier alpha value is -2.74. The Kier molecular flexibility index (Phi) is 6.42. The minimum Gasteiger partial charge on any atom is -0.372 e. The third-order valence-electron chi connectivity index (χ3n) is 7.32. The number of morpholine rings is 1. The summed E-state index contributed by atoms with van der Waals surface area (Å²) < 4.78 is 21.0. The van der Waals surface area contributed by atoms with Gasteiger partial charge in [-0.25, -0.2) is 9.07 Å². The number of amides is 2. The fourth-order valence-electron chi connectivity index (χ4n) is 5.66. The molecular formula is C26H33FN4O3. The second kappa shape index (κ2) is 9.49. The van der Waals surface area contributed by atoms with Crippen molar-refractivity contribution in [1.82, 2.24) is 19.6 Å². The monoisotopic (exact) mass is 468 g/mol. The van der Waals surface area contributed by atoms with Crippen LogP contribution in [0.2, 0.25) is 0 Å². The summed E-state index contributed by atoms with van der Waals surface area (Å²) in [6.07, 6.45) is 5.24. The molecular weight excluding hydrogens is 435 g/mol. The Bertz CT molecular complexity index is 1050. The minimum absolute atomic E-state index is 0.0489. The van der Waals surface area contributed by atoms with E-state index in [-0.39, 0.29) is 35.8 Å². The third-order valence-corrected chi connectivity index (χ3v) is 7.32. The number of likely N-dealkylation sites (tertiary alicyclic amines) is 1. The average molecular weight is 469 g/mol. The highest BCUT2D eigenvalue weighted by Gasteiger charge is 2.35. The number of fused-ring (bicyclic) bond motifs is 1. The second-order valence-electron chi connectivity index (χ2n) is 9.94. The van der Waals surface area contributed by atoms with Crippen molar-refractivity contribution < 1.29 is 18.7 Å². The van der Waals surface area contributed by atoms with Gasteiger partial charge < -0.3 is 14.5 Å². The number of nitrogens with zero attached hydrogens (tertiary/aromatic N) is 4. The summed E-state index contributed by atoms with van der Waals surface area (Å²) in [5.74, 6) is -0.211. The van der Waals surface area contributed by atoms with E-state index in [1.54, 1.807) is 12.1 Å². The van der Waals surface area contributed by atoms with Crippen LogP contribution in [0.5, 0.6) is 0 Å². The van der Waals surface area contributed by atoms with E-state index in [0.29, 0.717) is 44.7 Å². The number of carbonyl (C=O) groups excluding carboxylic acids is 2. The van der Waals surface area contributed by atoms with Crippen LogP contribution in [0.4, 0.5) is 4.39 Å². The average Bonchev–Trinajstić information content (AvgIpc) is 3.23. The molecule has 2 fully saturated rings. The lowest BCUT2D eigenvalue weighted by molar-refractivity contribution is -0.148. The fourth-order valence-corrected chi connectivity index (χ4v) is 5.66. The molecule has 0 radical (unpaired) electrons. The van der Waals surface area contributed by atoms with Gasteiger partial charge in [-0.2, -0.15) is 5.10 Å². The maximum atomic E-state index is 13.5. The van der Waals surface area contributed by atoms with Crippen molar-refractivity contribution in [3.05, 3.63) is 47.0 Å². The largest absolute Gasteiger partial charge is 0.372 e. The van der Waals surface area contributed by atoms with Gasteiger partial charge in [-0.05, 0) is 76.6 Å². The Morgan fingerprint density at radius 2 is 1.62 bits per heavy atom. The van der Waals surface area contributed by atoms with E-state index in [0.717, 1.165) is 42.6 Å². The first-order valence-electron chi connectivity index (χ1n) is 12.5. The van der Waals surface area contributed by atoms with Crippen molar-refractivity contribution in [1.29, 1.82) is 0 Å². The Morgan fingerprint density at radius 1 is 0.971 bits per heavy atom. The summed E-state index contributed by atoms with van der Waals surface area (Å²) in [6, 6.07) is 6.25. The first kappa shape index (κ1) is 23.0. The van der Waals surface area contributed by atoms with Gasteiger partial charge in [0.1, 0.15) is 5.82 Å². The molecule has 1 aliphatic carbocycles. The van der Waals surface area contributed by atoms with E-state index in [2.05, 4.69) is 0 Å². The Balaban J connectivity index is 1.29. The van der Waals surface area contributed by atoms with Crippen molar-refractivity contribution in [2.45, 2.75) is 64.6 Å². The number of hydrogen-bond donors (Lipinski definition) is 0. The molecule has 2 atom stereocenters. The molecule has 0 spiro atoms. The van der Waals surface area contributed by atoms with Crippen molar-refractivity contribution in [3.8, 4) is 5.69 Å². The molecule has 5 rings (SSSR count).